The minimum atomic E-state index is -1.07. The van der Waals surface area contributed by atoms with E-state index in [0.717, 1.165) is 5.56 Å². The first kappa shape index (κ1) is 20.3. The highest BCUT2D eigenvalue weighted by molar-refractivity contribution is 6.20. The average molecular weight is 440 g/mol. The smallest absolute Gasteiger partial charge is 0.344 e. The van der Waals surface area contributed by atoms with Crippen molar-refractivity contribution in [2.24, 2.45) is 0 Å². The molecule has 162 valence electrons. The molecule has 0 spiro atoms. The predicted molar refractivity (Wildman–Crippen MR) is 118 cm³/mol. The molecule has 0 amide bonds. The lowest BCUT2D eigenvalue weighted by molar-refractivity contribution is -0.139. The Kier molecular flexibility index (Phi) is 4.99. The Balaban J connectivity index is 1.54. The number of hydrogen-bond donors (Lipinski definition) is 1. The summed E-state index contributed by atoms with van der Waals surface area (Å²) in [6.07, 6.45) is 3.30. The van der Waals surface area contributed by atoms with E-state index in [4.69, 9.17) is 19.3 Å². The topological polar surface area (TPSA) is 99.1 Å². The van der Waals surface area contributed by atoms with Crippen molar-refractivity contribution in [3.8, 4) is 17.2 Å². The molecular weight excluding hydrogens is 424 g/mol. The van der Waals surface area contributed by atoms with Gasteiger partial charge in [-0.15, -0.1) is 0 Å². The molecule has 0 bridgehead atoms. The number of carboxylic acid groups (broad SMARTS) is 1. The van der Waals surface area contributed by atoms with Crippen LogP contribution in [0.2, 0.25) is 0 Å². The Morgan fingerprint density at radius 1 is 0.848 bits per heavy atom. The maximum Gasteiger partial charge on any atom is 0.344 e. The van der Waals surface area contributed by atoms with Gasteiger partial charge in [0.1, 0.15) is 17.2 Å². The van der Waals surface area contributed by atoms with Crippen LogP contribution in [0.5, 0.6) is 17.2 Å². The molecule has 0 radical (unpaired) electrons. The molecule has 0 saturated carbocycles. The van der Waals surface area contributed by atoms with Gasteiger partial charge in [-0.1, -0.05) is 48.5 Å². The van der Waals surface area contributed by atoms with Crippen LogP contribution in [0.1, 0.15) is 11.1 Å². The Morgan fingerprint density at radius 2 is 1.58 bits per heavy atom. The summed E-state index contributed by atoms with van der Waals surface area (Å²) in [5.41, 5.74) is 2.17. The van der Waals surface area contributed by atoms with Crippen molar-refractivity contribution in [2.75, 3.05) is 6.61 Å². The summed E-state index contributed by atoms with van der Waals surface area (Å²) in [6.45, 7) is -0.448. The van der Waals surface area contributed by atoms with Gasteiger partial charge in [0.05, 0.1) is 11.1 Å². The molecule has 0 unspecified atom stereocenters. The van der Waals surface area contributed by atoms with Crippen LogP contribution in [0.3, 0.4) is 0 Å². The lowest BCUT2D eigenvalue weighted by Crippen LogP contribution is -2.10. The summed E-state index contributed by atoms with van der Waals surface area (Å²) < 4.78 is 16.1. The number of aliphatic carboxylic acids is 1. The minimum Gasteiger partial charge on any atom is -0.482 e. The summed E-state index contributed by atoms with van der Waals surface area (Å²) in [4.78, 5) is 35.7. The van der Waals surface area contributed by atoms with Gasteiger partial charge in [-0.25, -0.2) is 14.4 Å². The summed E-state index contributed by atoms with van der Waals surface area (Å²) in [5.74, 6) is -0.933. The Morgan fingerprint density at radius 3 is 2.36 bits per heavy atom. The van der Waals surface area contributed by atoms with E-state index in [2.05, 4.69) is 0 Å². The van der Waals surface area contributed by atoms with Gasteiger partial charge < -0.3 is 19.3 Å². The number of hydrogen-bond acceptors (Lipinski definition) is 6. The fourth-order valence-corrected chi connectivity index (χ4v) is 3.73. The predicted octanol–water partition coefficient (Wildman–Crippen LogP) is 2.05. The van der Waals surface area contributed by atoms with E-state index >= 15 is 0 Å². The van der Waals surface area contributed by atoms with Gasteiger partial charge in [-0.2, -0.15) is 0 Å². The number of benzene rings is 3. The molecule has 0 fully saturated rings. The van der Waals surface area contributed by atoms with E-state index in [9.17, 15) is 14.4 Å². The number of fused-ring (bicyclic) bond motifs is 2. The van der Waals surface area contributed by atoms with E-state index in [1.54, 1.807) is 48.6 Å². The molecule has 3 aromatic carbocycles. The zero-order chi connectivity index (χ0) is 22.9. The molecule has 2 heterocycles. The van der Waals surface area contributed by atoms with Crippen LogP contribution in [0, 0.1) is 0 Å². The van der Waals surface area contributed by atoms with Crippen molar-refractivity contribution < 1.29 is 33.7 Å². The third-order valence-corrected chi connectivity index (χ3v) is 5.20. The first-order valence-electron chi connectivity index (χ1n) is 10.0. The first-order chi connectivity index (χ1) is 16.0. The quantitative estimate of drug-likeness (QED) is 0.463. The minimum absolute atomic E-state index is 0.314. The highest BCUT2D eigenvalue weighted by atomic mass is 16.5. The van der Waals surface area contributed by atoms with Gasteiger partial charge in [-0.3, -0.25) is 0 Å². The molecule has 1 N–H and O–H groups in total. The molecule has 0 aliphatic carbocycles. The Bertz CT molecular complexity index is 1470. The number of carbonyl (C=O) groups is 3. The number of carboxylic acids is 1. The number of esters is 2. The SMILES string of the molecule is O=C(O)COc1cccc(C=CC2=c3cc4c(cc3OC2=O)=C(c2ccccc2)C(=O)O4)c1. The molecule has 5 rings (SSSR count). The second-order valence-electron chi connectivity index (χ2n) is 7.37. The Hall–Kier alpha value is -4.65. The zero-order valence-electron chi connectivity index (χ0n) is 17.1. The highest BCUT2D eigenvalue weighted by Gasteiger charge is 2.29. The molecule has 33 heavy (non-hydrogen) atoms. The Labute approximate surface area is 187 Å². The van der Waals surface area contributed by atoms with Gasteiger partial charge in [-0.05, 0) is 41.5 Å². The number of ether oxygens (including phenoxy) is 3. The van der Waals surface area contributed by atoms with Crippen molar-refractivity contribution in [1.82, 2.24) is 0 Å². The highest BCUT2D eigenvalue weighted by Crippen LogP contribution is 2.25. The van der Waals surface area contributed by atoms with E-state index in [-0.39, 0.29) is 0 Å². The third-order valence-electron chi connectivity index (χ3n) is 5.20. The lowest BCUT2D eigenvalue weighted by atomic mass is 10.0. The van der Waals surface area contributed by atoms with Crippen LogP contribution in [-0.4, -0.2) is 29.6 Å². The normalized spacial score (nSPS) is 14.2. The fourth-order valence-electron chi connectivity index (χ4n) is 3.73. The van der Waals surface area contributed by atoms with Crippen LogP contribution < -0.4 is 24.6 Å². The molecule has 0 aromatic heterocycles. The van der Waals surface area contributed by atoms with Crippen molar-refractivity contribution in [2.45, 2.75) is 0 Å². The molecule has 7 nitrogen and oxygen atoms in total. The van der Waals surface area contributed by atoms with Crippen LogP contribution in [0.15, 0.2) is 72.8 Å². The van der Waals surface area contributed by atoms with Gasteiger partial charge in [0.2, 0.25) is 0 Å². The average Bonchev–Trinajstić information content (AvgIpc) is 3.29. The second-order valence-corrected chi connectivity index (χ2v) is 7.37. The molecule has 3 aromatic rings. The monoisotopic (exact) mass is 440 g/mol. The number of carbonyl (C=O) groups excluding carboxylic acids is 2. The molecule has 0 atom stereocenters. The van der Waals surface area contributed by atoms with Gasteiger partial charge >= 0.3 is 17.9 Å². The van der Waals surface area contributed by atoms with Crippen molar-refractivity contribution in [3.05, 3.63) is 94.4 Å². The fraction of sp³-hybridized carbons (Fsp3) is 0.0385. The number of rotatable bonds is 6. The van der Waals surface area contributed by atoms with Gasteiger partial charge in [0.15, 0.2) is 6.61 Å². The van der Waals surface area contributed by atoms with E-state index in [1.807, 2.05) is 30.3 Å². The van der Waals surface area contributed by atoms with Crippen molar-refractivity contribution in [1.29, 1.82) is 0 Å². The lowest BCUT2D eigenvalue weighted by Gasteiger charge is -2.03. The van der Waals surface area contributed by atoms with Gasteiger partial charge in [0, 0.05) is 10.4 Å². The van der Waals surface area contributed by atoms with E-state index in [1.165, 1.54) is 0 Å². The second kappa shape index (κ2) is 8.12. The molecule has 2 aliphatic rings. The van der Waals surface area contributed by atoms with Crippen LogP contribution in [0.25, 0.3) is 17.2 Å². The standard InChI is InChI=1S/C26H16O7/c27-23(28)14-31-17-8-4-5-15(11-17)9-10-18-19-12-22-20(13-21(19)32-25(18)29)24(26(30)33-22)16-6-2-1-3-7-16/h1-13H,14H2,(H,27,28). The molecule has 0 saturated heterocycles. The third kappa shape index (κ3) is 3.87. The van der Waals surface area contributed by atoms with Crippen molar-refractivity contribution >= 4 is 35.1 Å². The van der Waals surface area contributed by atoms with Gasteiger partial charge in [0.25, 0.3) is 0 Å². The van der Waals surface area contributed by atoms with E-state index < -0.39 is 24.5 Å². The van der Waals surface area contributed by atoms with Crippen LogP contribution in [0.4, 0.5) is 0 Å². The maximum atomic E-state index is 12.5. The molecular formula is C26H16O7. The summed E-state index contributed by atoms with van der Waals surface area (Å²) in [5, 5.41) is 9.85. The largest absolute Gasteiger partial charge is 0.482 e. The van der Waals surface area contributed by atoms with Crippen molar-refractivity contribution in [3.63, 3.8) is 0 Å². The van der Waals surface area contributed by atoms with E-state index in [0.29, 0.717) is 44.4 Å². The zero-order valence-corrected chi connectivity index (χ0v) is 17.1. The van der Waals surface area contributed by atoms with Crippen LogP contribution >= 0.6 is 0 Å². The summed E-state index contributed by atoms with van der Waals surface area (Å²) >= 11 is 0. The summed E-state index contributed by atoms with van der Waals surface area (Å²) in [7, 11) is 0. The van der Waals surface area contributed by atoms with Crippen LogP contribution in [-0.2, 0) is 14.4 Å². The summed E-state index contributed by atoms with van der Waals surface area (Å²) in [6, 6.07) is 19.3. The maximum absolute atomic E-state index is 12.5. The molecule has 2 aliphatic heterocycles. The molecule has 7 heteroatoms. The first-order valence-corrected chi connectivity index (χ1v) is 10.0.